The standard InChI is InChI=1S/C20H24FN3O2S/c1-25-18-8-2-15(3-9-18)19(24-10-12-26-13-11-24)14-22-20(27)23-17-6-4-16(21)5-7-17/h2-9,19H,10-14H2,1H3,(H2,22,23,27)/t19-/m1/s1. The number of thiocarbonyl (C=S) groups is 1. The van der Waals surface area contributed by atoms with Crippen LogP contribution in [0.25, 0.3) is 0 Å². The Morgan fingerprint density at radius 2 is 1.81 bits per heavy atom. The maximum atomic E-state index is 13.0. The average molecular weight is 389 g/mol. The van der Waals surface area contributed by atoms with Crippen molar-refractivity contribution in [3.05, 3.63) is 59.9 Å². The molecule has 1 atom stereocenters. The average Bonchev–Trinajstić information content (AvgIpc) is 2.71. The first-order valence-corrected chi connectivity index (χ1v) is 9.32. The van der Waals surface area contributed by atoms with Crippen LogP contribution in [0.5, 0.6) is 5.75 Å². The molecule has 1 heterocycles. The molecule has 7 heteroatoms. The number of nitrogens with one attached hydrogen (secondary N) is 2. The zero-order chi connectivity index (χ0) is 19.1. The van der Waals surface area contributed by atoms with Crippen molar-refractivity contribution in [2.75, 3.05) is 45.3 Å². The molecule has 0 spiro atoms. The van der Waals surface area contributed by atoms with Gasteiger partial charge < -0.3 is 20.1 Å². The summed E-state index contributed by atoms with van der Waals surface area (Å²) in [7, 11) is 1.66. The molecule has 0 aliphatic carbocycles. The highest BCUT2D eigenvalue weighted by Crippen LogP contribution is 2.23. The highest BCUT2D eigenvalue weighted by Gasteiger charge is 2.22. The van der Waals surface area contributed by atoms with E-state index in [1.54, 1.807) is 19.2 Å². The second kappa shape index (κ2) is 9.64. The van der Waals surface area contributed by atoms with Gasteiger partial charge in [-0.2, -0.15) is 0 Å². The Morgan fingerprint density at radius 1 is 1.15 bits per heavy atom. The van der Waals surface area contributed by atoms with E-state index in [9.17, 15) is 4.39 Å². The van der Waals surface area contributed by atoms with Gasteiger partial charge in [0.25, 0.3) is 0 Å². The minimum Gasteiger partial charge on any atom is -0.497 e. The lowest BCUT2D eigenvalue weighted by Gasteiger charge is -2.35. The van der Waals surface area contributed by atoms with Crippen LogP contribution in [-0.2, 0) is 4.74 Å². The molecule has 5 nitrogen and oxygen atoms in total. The van der Waals surface area contributed by atoms with Gasteiger partial charge in [-0.15, -0.1) is 0 Å². The van der Waals surface area contributed by atoms with Gasteiger partial charge in [-0.25, -0.2) is 4.39 Å². The van der Waals surface area contributed by atoms with Gasteiger partial charge in [0.1, 0.15) is 11.6 Å². The summed E-state index contributed by atoms with van der Waals surface area (Å²) in [5.74, 6) is 0.562. The van der Waals surface area contributed by atoms with E-state index in [2.05, 4.69) is 27.7 Å². The molecule has 0 amide bonds. The highest BCUT2D eigenvalue weighted by molar-refractivity contribution is 7.80. The fourth-order valence-corrected chi connectivity index (χ4v) is 3.27. The number of benzene rings is 2. The number of ether oxygens (including phenoxy) is 2. The zero-order valence-corrected chi connectivity index (χ0v) is 16.1. The number of hydrogen-bond donors (Lipinski definition) is 2. The Morgan fingerprint density at radius 3 is 2.44 bits per heavy atom. The van der Waals surface area contributed by atoms with Crippen molar-refractivity contribution in [3.63, 3.8) is 0 Å². The topological polar surface area (TPSA) is 45.8 Å². The van der Waals surface area contributed by atoms with Gasteiger partial charge in [-0.05, 0) is 54.2 Å². The van der Waals surface area contributed by atoms with Crippen LogP contribution < -0.4 is 15.4 Å². The molecule has 1 saturated heterocycles. The van der Waals surface area contributed by atoms with Gasteiger partial charge in [0.2, 0.25) is 0 Å². The Hall–Kier alpha value is -2.22. The Kier molecular flexibility index (Phi) is 6.98. The summed E-state index contributed by atoms with van der Waals surface area (Å²) in [5, 5.41) is 6.88. The molecule has 0 radical (unpaired) electrons. The van der Waals surface area contributed by atoms with E-state index in [0.717, 1.165) is 37.7 Å². The lowest BCUT2D eigenvalue weighted by atomic mass is 10.0. The van der Waals surface area contributed by atoms with Gasteiger partial charge in [0, 0.05) is 25.3 Å². The van der Waals surface area contributed by atoms with Gasteiger partial charge in [0.15, 0.2) is 5.11 Å². The molecule has 0 unspecified atom stereocenters. The van der Waals surface area contributed by atoms with Crippen molar-refractivity contribution in [2.24, 2.45) is 0 Å². The molecular formula is C20H24FN3O2S. The first kappa shape index (κ1) is 19.5. The van der Waals surface area contributed by atoms with Gasteiger partial charge in [0.05, 0.1) is 26.4 Å². The molecule has 27 heavy (non-hydrogen) atoms. The molecule has 2 aromatic rings. The lowest BCUT2D eigenvalue weighted by molar-refractivity contribution is 0.0170. The largest absolute Gasteiger partial charge is 0.497 e. The first-order valence-electron chi connectivity index (χ1n) is 8.92. The van der Waals surface area contributed by atoms with Crippen LogP contribution in [0, 0.1) is 5.82 Å². The number of anilines is 1. The van der Waals surface area contributed by atoms with E-state index in [4.69, 9.17) is 21.7 Å². The molecule has 2 aromatic carbocycles. The van der Waals surface area contributed by atoms with Crippen LogP contribution in [0.15, 0.2) is 48.5 Å². The van der Waals surface area contributed by atoms with E-state index < -0.39 is 0 Å². The zero-order valence-electron chi connectivity index (χ0n) is 15.3. The molecule has 2 N–H and O–H groups in total. The summed E-state index contributed by atoms with van der Waals surface area (Å²) in [5.41, 5.74) is 1.94. The van der Waals surface area contributed by atoms with Crippen LogP contribution in [-0.4, -0.2) is 50.0 Å². The smallest absolute Gasteiger partial charge is 0.170 e. The van der Waals surface area contributed by atoms with Crippen LogP contribution in [0.2, 0.25) is 0 Å². The minimum atomic E-state index is -0.272. The Labute approximate surface area is 164 Å². The van der Waals surface area contributed by atoms with Gasteiger partial charge >= 0.3 is 0 Å². The molecule has 1 aliphatic heterocycles. The van der Waals surface area contributed by atoms with E-state index in [-0.39, 0.29) is 11.9 Å². The number of nitrogens with zero attached hydrogens (tertiary/aromatic N) is 1. The third-order valence-corrected chi connectivity index (χ3v) is 4.79. The van der Waals surface area contributed by atoms with E-state index in [1.165, 1.54) is 17.7 Å². The van der Waals surface area contributed by atoms with E-state index >= 15 is 0 Å². The second-order valence-electron chi connectivity index (χ2n) is 6.28. The number of halogens is 1. The van der Waals surface area contributed by atoms with Crippen LogP contribution in [0.3, 0.4) is 0 Å². The quantitative estimate of drug-likeness (QED) is 0.740. The van der Waals surface area contributed by atoms with Crippen LogP contribution in [0.4, 0.5) is 10.1 Å². The monoisotopic (exact) mass is 389 g/mol. The number of morpholine rings is 1. The van der Waals surface area contributed by atoms with Crippen LogP contribution in [0.1, 0.15) is 11.6 Å². The van der Waals surface area contributed by atoms with Gasteiger partial charge in [-0.1, -0.05) is 12.1 Å². The van der Waals surface area contributed by atoms with Crippen molar-refractivity contribution in [3.8, 4) is 5.75 Å². The van der Waals surface area contributed by atoms with E-state index in [0.29, 0.717) is 11.7 Å². The fraction of sp³-hybridized carbons (Fsp3) is 0.350. The third-order valence-electron chi connectivity index (χ3n) is 4.55. The van der Waals surface area contributed by atoms with Gasteiger partial charge in [-0.3, -0.25) is 4.90 Å². The molecular weight excluding hydrogens is 365 g/mol. The predicted octanol–water partition coefficient (Wildman–Crippen LogP) is 3.19. The normalized spacial score (nSPS) is 15.8. The van der Waals surface area contributed by atoms with Crippen molar-refractivity contribution in [1.29, 1.82) is 0 Å². The highest BCUT2D eigenvalue weighted by atomic mass is 32.1. The van der Waals surface area contributed by atoms with Crippen molar-refractivity contribution in [2.45, 2.75) is 6.04 Å². The Bertz CT molecular complexity index is 734. The summed E-state index contributed by atoms with van der Waals surface area (Å²) in [6, 6.07) is 14.4. The first-order chi connectivity index (χ1) is 13.2. The minimum absolute atomic E-state index is 0.160. The SMILES string of the molecule is COc1ccc([C@@H](CNC(=S)Nc2ccc(F)cc2)N2CCOCC2)cc1. The predicted molar refractivity (Wildman–Crippen MR) is 109 cm³/mol. The van der Waals surface area contributed by atoms with Crippen molar-refractivity contribution < 1.29 is 13.9 Å². The summed E-state index contributed by atoms with van der Waals surface area (Å²) in [4.78, 5) is 2.39. The van der Waals surface area contributed by atoms with E-state index in [1.807, 2.05) is 12.1 Å². The molecule has 3 rings (SSSR count). The number of methoxy groups -OCH3 is 1. The second-order valence-corrected chi connectivity index (χ2v) is 6.69. The summed E-state index contributed by atoms with van der Waals surface area (Å²) in [6.07, 6.45) is 0. The van der Waals surface area contributed by atoms with Crippen molar-refractivity contribution >= 4 is 23.0 Å². The maximum absolute atomic E-state index is 13.0. The molecule has 0 bridgehead atoms. The molecule has 144 valence electrons. The third kappa shape index (κ3) is 5.63. The molecule has 0 aromatic heterocycles. The summed E-state index contributed by atoms with van der Waals surface area (Å²) < 4.78 is 23.8. The maximum Gasteiger partial charge on any atom is 0.170 e. The lowest BCUT2D eigenvalue weighted by Crippen LogP contribution is -2.44. The fourth-order valence-electron chi connectivity index (χ4n) is 3.07. The molecule has 1 fully saturated rings. The van der Waals surface area contributed by atoms with Crippen LogP contribution >= 0.6 is 12.2 Å². The summed E-state index contributed by atoms with van der Waals surface area (Å²) in [6.45, 7) is 3.85. The van der Waals surface area contributed by atoms with Crippen molar-refractivity contribution in [1.82, 2.24) is 10.2 Å². The molecule has 1 aliphatic rings. The Balaban J connectivity index is 1.64. The summed E-state index contributed by atoms with van der Waals surface area (Å²) >= 11 is 5.40. The number of hydrogen-bond acceptors (Lipinski definition) is 4. The molecule has 0 saturated carbocycles. The number of rotatable bonds is 6.